The maximum atomic E-state index is 13.5. The van der Waals surface area contributed by atoms with E-state index in [1.165, 1.54) is 12.1 Å². The molecule has 2 atom stereocenters. The molecule has 0 unspecified atom stereocenters. The van der Waals surface area contributed by atoms with Crippen LogP contribution in [0.3, 0.4) is 0 Å². The number of nitrogens with one attached hydrogen (secondary N) is 1. The van der Waals surface area contributed by atoms with Crippen LogP contribution in [0.4, 0.5) is 4.39 Å². The molecule has 174 valence electrons. The SMILES string of the molecule is O=C(N[C@@H]1CS(=O)(=O)C[C@H]1O)c1ccc2c(-c3ccccc3Cl)nn(-c3ccc(F)cc3)c2c1. The fourth-order valence-electron chi connectivity index (χ4n) is 4.11. The van der Waals surface area contributed by atoms with Crippen molar-refractivity contribution in [3.8, 4) is 16.9 Å². The van der Waals surface area contributed by atoms with Gasteiger partial charge in [0.05, 0.1) is 39.9 Å². The first-order chi connectivity index (χ1) is 16.2. The number of amides is 1. The first-order valence-corrected chi connectivity index (χ1v) is 12.6. The third kappa shape index (κ3) is 4.18. The molecule has 1 aliphatic rings. The van der Waals surface area contributed by atoms with Crippen molar-refractivity contribution in [3.63, 3.8) is 0 Å². The zero-order chi connectivity index (χ0) is 24.0. The summed E-state index contributed by atoms with van der Waals surface area (Å²) in [6.45, 7) is 0. The number of halogens is 2. The number of carbonyl (C=O) groups is 1. The van der Waals surface area contributed by atoms with E-state index < -0.39 is 33.7 Å². The average molecular weight is 500 g/mol. The van der Waals surface area contributed by atoms with Gasteiger partial charge in [0, 0.05) is 16.5 Å². The molecule has 0 saturated carbocycles. The molecule has 1 aromatic heterocycles. The van der Waals surface area contributed by atoms with E-state index in [1.807, 2.05) is 18.2 Å². The predicted octanol–water partition coefficient (Wildman–Crippen LogP) is 3.37. The number of fused-ring (bicyclic) bond motifs is 1. The topological polar surface area (TPSA) is 101 Å². The zero-order valence-corrected chi connectivity index (χ0v) is 19.2. The van der Waals surface area contributed by atoms with E-state index in [4.69, 9.17) is 16.7 Å². The van der Waals surface area contributed by atoms with Gasteiger partial charge >= 0.3 is 0 Å². The average Bonchev–Trinajstić information content (AvgIpc) is 3.30. The van der Waals surface area contributed by atoms with Crippen LogP contribution in [0, 0.1) is 5.82 Å². The highest BCUT2D eigenvalue weighted by Crippen LogP contribution is 2.34. The second kappa shape index (κ2) is 8.50. The van der Waals surface area contributed by atoms with Crippen molar-refractivity contribution in [3.05, 3.63) is 83.1 Å². The molecular formula is C24H19ClFN3O4S. The minimum absolute atomic E-state index is 0.262. The number of benzene rings is 3. The quantitative estimate of drug-likeness (QED) is 0.448. The van der Waals surface area contributed by atoms with Gasteiger partial charge in [0.15, 0.2) is 9.84 Å². The number of hydrogen-bond acceptors (Lipinski definition) is 5. The number of carbonyl (C=O) groups excluding carboxylic acids is 1. The van der Waals surface area contributed by atoms with Gasteiger partial charge in [-0.1, -0.05) is 29.8 Å². The van der Waals surface area contributed by atoms with Crippen LogP contribution in [-0.2, 0) is 9.84 Å². The van der Waals surface area contributed by atoms with E-state index in [2.05, 4.69) is 5.32 Å². The Labute approximate surface area is 199 Å². The van der Waals surface area contributed by atoms with Crippen LogP contribution in [0.15, 0.2) is 66.7 Å². The molecule has 4 aromatic rings. The Kier molecular flexibility index (Phi) is 5.63. The van der Waals surface area contributed by atoms with E-state index in [-0.39, 0.29) is 17.1 Å². The van der Waals surface area contributed by atoms with Gasteiger partial charge in [-0.3, -0.25) is 4.79 Å². The van der Waals surface area contributed by atoms with Crippen molar-refractivity contribution in [2.24, 2.45) is 0 Å². The minimum atomic E-state index is -3.41. The fourth-order valence-corrected chi connectivity index (χ4v) is 6.07. The number of sulfone groups is 1. The first-order valence-electron chi connectivity index (χ1n) is 10.4. The van der Waals surface area contributed by atoms with Gasteiger partial charge in [0.25, 0.3) is 5.91 Å². The summed E-state index contributed by atoms with van der Waals surface area (Å²) >= 11 is 6.41. The first kappa shape index (κ1) is 22.5. The standard InChI is InChI=1S/C24H19ClFN3O4S/c25-19-4-2-1-3-17(19)23-18-10-5-14(24(31)27-20-12-34(32,33)13-22(20)30)11-21(18)29(28-23)16-8-6-15(26)7-9-16/h1-11,20,22,30H,12-13H2,(H,27,31)/t20-,22-/m1/s1. The second-order valence-corrected chi connectivity index (χ2v) is 10.7. The lowest BCUT2D eigenvalue weighted by molar-refractivity contribution is 0.0889. The van der Waals surface area contributed by atoms with Gasteiger partial charge in [-0.05, 0) is 48.5 Å². The minimum Gasteiger partial charge on any atom is -0.390 e. The summed E-state index contributed by atoms with van der Waals surface area (Å²) in [5, 5.41) is 18.6. The van der Waals surface area contributed by atoms with Gasteiger partial charge in [-0.2, -0.15) is 5.10 Å². The lowest BCUT2D eigenvalue weighted by Gasteiger charge is -2.15. The number of aliphatic hydroxyl groups excluding tert-OH is 1. The molecule has 0 spiro atoms. The maximum absolute atomic E-state index is 13.5. The Balaban J connectivity index is 1.60. The van der Waals surface area contributed by atoms with Crippen LogP contribution < -0.4 is 5.32 Å². The second-order valence-electron chi connectivity index (χ2n) is 8.17. The molecule has 5 rings (SSSR count). The molecule has 3 aromatic carbocycles. The van der Waals surface area contributed by atoms with Crippen LogP contribution >= 0.6 is 11.6 Å². The molecule has 0 bridgehead atoms. The maximum Gasteiger partial charge on any atom is 0.251 e. The van der Waals surface area contributed by atoms with Crippen molar-refractivity contribution in [2.45, 2.75) is 12.1 Å². The van der Waals surface area contributed by atoms with Gasteiger partial charge in [-0.25, -0.2) is 17.5 Å². The van der Waals surface area contributed by atoms with Crippen molar-refractivity contribution >= 4 is 38.2 Å². The van der Waals surface area contributed by atoms with Crippen molar-refractivity contribution < 1.29 is 22.7 Å². The summed E-state index contributed by atoms with van der Waals surface area (Å²) in [6.07, 6.45) is -1.16. The Morgan fingerprint density at radius 2 is 1.82 bits per heavy atom. The molecule has 0 radical (unpaired) electrons. The van der Waals surface area contributed by atoms with E-state index in [1.54, 1.807) is 41.1 Å². The van der Waals surface area contributed by atoms with Gasteiger partial charge in [-0.15, -0.1) is 0 Å². The number of rotatable bonds is 4. The monoisotopic (exact) mass is 499 g/mol. The van der Waals surface area contributed by atoms with E-state index in [0.717, 1.165) is 5.39 Å². The predicted molar refractivity (Wildman–Crippen MR) is 127 cm³/mol. The van der Waals surface area contributed by atoms with Gasteiger partial charge < -0.3 is 10.4 Å². The summed E-state index contributed by atoms with van der Waals surface area (Å²) in [6, 6.07) is 17.1. The van der Waals surface area contributed by atoms with Crippen LogP contribution in [0.2, 0.25) is 5.02 Å². The molecule has 1 saturated heterocycles. The summed E-state index contributed by atoms with van der Waals surface area (Å²) in [7, 11) is -3.41. The highest BCUT2D eigenvalue weighted by molar-refractivity contribution is 7.91. The Hall–Kier alpha value is -3.27. The van der Waals surface area contributed by atoms with Crippen LogP contribution in [0.1, 0.15) is 10.4 Å². The molecule has 0 aliphatic carbocycles. The number of aliphatic hydroxyl groups is 1. The third-order valence-electron chi connectivity index (χ3n) is 5.78. The molecule has 2 N–H and O–H groups in total. The van der Waals surface area contributed by atoms with Crippen molar-refractivity contribution in [1.82, 2.24) is 15.1 Å². The van der Waals surface area contributed by atoms with Crippen LogP contribution in [0.25, 0.3) is 27.8 Å². The fraction of sp³-hybridized carbons (Fsp3) is 0.167. The molecule has 1 fully saturated rings. The highest BCUT2D eigenvalue weighted by atomic mass is 35.5. The number of hydrogen-bond donors (Lipinski definition) is 2. The number of nitrogens with zero attached hydrogens (tertiary/aromatic N) is 2. The third-order valence-corrected chi connectivity index (χ3v) is 7.83. The molecule has 34 heavy (non-hydrogen) atoms. The Morgan fingerprint density at radius 3 is 2.50 bits per heavy atom. The lowest BCUT2D eigenvalue weighted by atomic mass is 10.1. The molecule has 10 heteroatoms. The van der Waals surface area contributed by atoms with Gasteiger partial charge in [0.2, 0.25) is 0 Å². The smallest absolute Gasteiger partial charge is 0.251 e. The largest absolute Gasteiger partial charge is 0.390 e. The normalized spacial score (nSPS) is 19.4. The van der Waals surface area contributed by atoms with Crippen molar-refractivity contribution in [1.29, 1.82) is 0 Å². The highest BCUT2D eigenvalue weighted by Gasteiger charge is 2.37. The summed E-state index contributed by atoms with van der Waals surface area (Å²) in [5.74, 6) is -1.60. The molecule has 1 aliphatic heterocycles. The summed E-state index contributed by atoms with van der Waals surface area (Å²) in [4.78, 5) is 12.9. The van der Waals surface area contributed by atoms with Crippen LogP contribution in [-0.4, -0.2) is 52.9 Å². The Bertz CT molecular complexity index is 1520. The lowest BCUT2D eigenvalue weighted by Crippen LogP contribution is -2.42. The van der Waals surface area contributed by atoms with E-state index in [0.29, 0.717) is 27.5 Å². The summed E-state index contributed by atoms with van der Waals surface area (Å²) < 4.78 is 38.7. The van der Waals surface area contributed by atoms with Crippen molar-refractivity contribution in [2.75, 3.05) is 11.5 Å². The van der Waals surface area contributed by atoms with Gasteiger partial charge in [0.1, 0.15) is 11.5 Å². The summed E-state index contributed by atoms with van der Waals surface area (Å²) in [5.41, 5.74) is 2.71. The van der Waals surface area contributed by atoms with Crippen LogP contribution in [0.5, 0.6) is 0 Å². The molecule has 1 amide bonds. The Morgan fingerprint density at radius 1 is 1.09 bits per heavy atom. The molecule has 2 heterocycles. The molecular weight excluding hydrogens is 481 g/mol. The van der Waals surface area contributed by atoms with E-state index >= 15 is 0 Å². The zero-order valence-electron chi connectivity index (χ0n) is 17.7. The number of aromatic nitrogens is 2. The van der Waals surface area contributed by atoms with E-state index in [9.17, 15) is 22.7 Å². The molecule has 7 nitrogen and oxygen atoms in total.